The molecule has 0 heterocycles. The van der Waals surface area contributed by atoms with E-state index in [1.165, 1.54) is 59.9 Å². The Balaban J connectivity index is 1.71. The summed E-state index contributed by atoms with van der Waals surface area (Å²) in [5.41, 5.74) is 1.23. The summed E-state index contributed by atoms with van der Waals surface area (Å²) in [5.74, 6) is -2.95. The van der Waals surface area contributed by atoms with Gasteiger partial charge in [-0.15, -0.1) is 0 Å². The van der Waals surface area contributed by atoms with Crippen molar-refractivity contribution in [3.8, 4) is 0 Å². The Morgan fingerprint density at radius 1 is 0.933 bits per heavy atom. The maximum absolute atomic E-state index is 12.8. The quantitative estimate of drug-likeness (QED) is 0.512. The Morgan fingerprint density at radius 3 is 2.10 bits per heavy atom. The second kappa shape index (κ2) is 9.27. The number of halogens is 2. The van der Waals surface area contributed by atoms with E-state index in [2.05, 4.69) is 5.32 Å². The first kappa shape index (κ1) is 21.8. The van der Waals surface area contributed by atoms with Gasteiger partial charge in [-0.3, -0.25) is 9.10 Å². The number of carbonyl (C=O) groups is 1. The highest BCUT2D eigenvalue weighted by molar-refractivity contribution is 7.99. The van der Waals surface area contributed by atoms with Crippen LogP contribution in [0.25, 0.3) is 0 Å². The third kappa shape index (κ3) is 5.17. The molecule has 0 spiro atoms. The summed E-state index contributed by atoms with van der Waals surface area (Å²) in [6.07, 6.45) is 0. The minimum Gasteiger partial charge on any atom is -0.322 e. The molecule has 5 nitrogen and oxygen atoms in total. The second-order valence-electron chi connectivity index (χ2n) is 6.19. The summed E-state index contributed by atoms with van der Waals surface area (Å²) in [6.45, 7) is 0. The van der Waals surface area contributed by atoms with Crippen molar-refractivity contribution in [2.24, 2.45) is 0 Å². The minimum absolute atomic E-state index is 0.0544. The number of hydrogen-bond acceptors (Lipinski definition) is 4. The predicted octanol–water partition coefficient (Wildman–Crippen LogP) is 5.08. The van der Waals surface area contributed by atoms with Gasteiger partial charge in [-0.25, -0.2) is 8.42 Å². The molecule has 1 amide bonds. The molecule has 0 saturated carbocycles. The minimum atomic E-state index is -3.77. The highest BCUT2D eigenvalue weighted by Gasteiger charge is 2.21. The van der Waals surface area contributed by atoms with Gasteiger partial charge >= 0.3 is 0 Å². The van der Waals surface area contributed by atoms with E-state index in [-0.39, 0.29) is 10.5 Å². The number of nitrogens with zero attached hydrogens (tertiary/aromatic N) is 1. The van der Waals surface area contributed by atoms with E-state index in [1.807, 2.05) is 0 Å². The van der Waals surface area contributed by atoms with E-state index in [0.29, 0.717) is 28.0 Å². The molecule has 0 atom stereocenters. The Bertz CT molecular complexity index is 1110. The zero-order chi connectivity index (χ0) is 21.7. The highest BCUT2D eigenvalue weighted by atomic mass is 32.2. The van der Waals surface area contributed by atoms with Crippen LogP contribution in [0.1, 0.15) is 10.4 Å². The first-order valence-electron chi connectivity index (χ1n) is 8.77. The molecule has 30 heavy (non-hydrogen) atoms. The van der Waals surface area contributed by atoms with E-state index in [4.69, 9.17) is 0 Å². The van der Waals surface area contributed by atoms with Crippen LogP contribution in [0.4, 0.5) is 20.2 Å². The van der Waals surface area contributed by atoms with Crippen LogP contribution in [0.5, 0.6) is 0 Å². The predicted molar refractivity (Wildman–Crippen MR) is 115 cm³/mol. The molecule has 0 aliphatic carbocycles. The van der Waals surface area contributed by atoms with E-state index in [0.717, 1.165) is 0 Å². The van der Waals surface area contributed by atoms with Crippen molar-refractivity contribution in [2.75, 3.05) is 16.7 Å². The molecule has 156 valence electrons. The molecular weight excluding hydrogens is 430 g/mol. The van der Waals surface area contributed by atoms with E-state index in [1.54, 1.807) is 30.3 Å². The number of hydrogen-bond donors (Lipinski definition) is 1. The van der Waals surface area contributed by atoms with Crippen LogP contribution in [-0.2, 0) is 10.0 Å². The lowest BCUT2D eigenvalue weighted by Crippen LogP contribution is -2.26. The average molecular weight is 449 g/mol. The van der Waals surface area contributed by atoms with Gasteiger partial charge in [0.25, 0.3) is 21.7 Å². The third-order valence-corrected chi connectivity index (χ3v) is 6.75. The Labute approximate surface area is 177 Å². The van der Waals surface area contributed by atoms with Crippen molar-refractivity contribution in [1.82, 2.24) is 0 Å². The van der Waals surface area contributed by atoms with Crippen LogP contribution in [-0.4, -0.2) is 27.1 Å². The van der Waals surface area contributed by atoms with Gasteiger partial charge in [-0.1, -0.05) is 30.0 Å². The Morgan fingerprint density at radius 2 is 1.53 bits per heavy atom. The normalized spacial score (nSPS) is 11.3. The number of thioether (sulfide) groups is 1. The Hall–Kier alpha value is -2.91. The molecule has 3 aromatic rings. The number of anilines is 2. The van der Waals surface area contributed by atoms with Crippen molar-refractivity contribution in [2.45, 2.75) is 15.5 Å². The van der Waals surface area contributed by atoms with Crippen LogP contribution in [0.3, 0.4) is 0 Å². The van der Waals surface area contributed by atoms with Crippen LogP contribution in [0.15, 0.2) is 88.7 Å². The number of carbonyl (C=O) groups excluding carboxylic acids is 1. The van der Waals surface area contributed by atoms with Gasteiger partial charge < -0.3 is 5.32 Å². The summed E-state index contributed by atoms with van der Waals surface area (Å²) in [7, 11) is -2.31. The molecule has 0 bridgehead atoms. The fourth-order valence-corrected chi connectivity index (χ4v) is 4.33. The van der Waals surface area contributed by atoms with E-state index in [9.17, 15) is 22.0 Å². The summed E-state index contributed by atoms with van der Waals surface area (Å²) in [6, 6.07) is 20.2. The van der Waals surface area contributed by atoms with Gasteiger partial charge in [0.15, 0.2) is 0 Å². The second-order valence-corrected chi connectivity index (χ2v) is 9.22. The topological polar surface area (TPSA) is 66.5 Å². The molecule has 0 aliphatic heterocycles. The average Bonchev–Trinajstić information content (AvgIpc) is 2.75. The van der Waals surface area contributed by atoms with E-state index >= 15 is 0 Å². The van der Waals surface area contributed by atoms with Gasteiger partial charge in [-0.2, -0.15) is 8.78 Å². The van der Waals surface area contributed by atoms with Crippen LogP contribution >= 0.6 is 11.8 Å². The lowest BCUT2D eigenvalue weighted by molar-refractivity contribution is 0.102. The zero-order valence-electron chi connectivity index (χ0n) is 15.8. The summed E-state index contributed by atoms with van der Waals surface area (Å²) in [5, 5.41) is 2.65. The lowest BCUT2D eigenvalue weighted by Gasteiger charge is -2.19. The molecular formula is C21H18F2N2O3S2. The third-order valence-electron chi connectivity index (χ3n) is 4.23. The van der Waals surface area contributed by atoms with Gasteiger partial charge in [-0.05, 0) is 60.7 Å². The van der Waals surface area contributed by atoms with Crippen molar-refractivity contribution < 1.29 is 22.0 Å². The Kier molecular flexibility index (Phi) is 6.73. The number of rotatable bonds is 7. The fraction of sp³-hybridized carbons (Fsp3) is 0.0952. The monoisotopic (exact) mass is 448 g/mol. The van der Waals surface area contributed by atoms with Gasteiger partial charge in [0.2, 0.25) is 0 Å². The summed E-state index contributed by atoms with van der Waals surface area (Å²) in [4.78, 5) is 12.8. The molecule has 1 N–H and O–H groups in total. The van der Waals surface area contributed by atoms with Crippen LogP contribution in [0, 0.1) is 0 Å². The molecule has 0 fully saturated rings. The van der Waals surface area contributed by atoms with Crippen molar-refractivity contribution in [1.29, 1.82) is 0 Å². The zero-order valence-corrected chi connectivity index (χ0v) is 17.5. The number of para-hydroxylation sites is 1. The van der Waals surface area contributed by atoms with Crippen molar-refractivity contribution in [3.05, 3.63) is 84.4 Å². The lowest BCUT2D eigenvalue weighted by atomic mass is 10.2. The smallest absolute Gasteiger partial charge is 0.288 e. The standard InChI is InChI=1S/C21H18F2N2O3S2/c1-25(17-5-3-2-4-6-17)30(27,28)19-13-7-15(8-14-19)20(26)24-16-9-11-18(12-10-16)29-21(22)23/h2-14,21H,1H3,(H,24,26). The molecule has 0 saturated heterocycles. The number of nitrogens with one attached hydrogen (secondary N) is 1. The maximum Gasteiger partial charge on any atom is 0.288 e. The molecule has 0 aromatic heterocycles. The molecule has 0 radical (unpaired) electrons. The SMILES string of the molecule is CN(c1ccccc1)S(=O)(=O)c1ccc(C(=O)Nc2ccc(SC(F)F)cc2)cc1. The van der Waals surface area contributed by atoms with Crippen LogP contribution < -0.4 is 9.62 Å². The largest absolute Gasteiger partial charge is 0.322 e. The highest BCUT2D eigenvalue weighted by Crippen LogP contribution is 2.26. The first-order valence-corrected chi connectivity index (χ1v) is 11.1. The number of benzene rings is 3. The van der Waals surface area contributed by atoms with Crippen molar-refractivity contribution >= 4 is 39.1 Å². The van der Waals surface area contributed by atoms with Gasteiger partial charge in [0.1, 0.15) is 0 Å². The number of sulfonamides is 1. The number of alkyl halides is 2. The number of amides is 1. The molecule has 9 heteroatoms. The van der Waals surface area contributed by atoms with E-state index < -0.39 is 21.7 Å². The summed E-state index contributed by atoms with van der Waals surface area (Å²) < 4.78 is 51.5. The van der Waals surface area contributed by atoms with Gasteiger partial charge in [0.05, 0.1) is 10.6 Å². The van der Waals surface area contributed by atoms with Crippen LogP contribution in [0.2, 0.25) is 0 Å². The molecule has 0 aliphatic rings. The fourth-order valence-electron chi connectivity index (χ4n) is 2.64. The molecule has 0 unspecified atom stereocenters. The molecule has 3 rings (SSSR count). The first-order chi connectivity index (χ1) is 14.3. The summed E-state index contributed by atoms with van der Waals surface area (Å²) >= 11 is 0.420. The maximum atomic E-state index is 12.8. The molecule has 3 aromatic carbocycles. The van der Waals surface area contributed by atoms with Gasteiger partial charge in [0, 0.05) is 23.2 Å². The van der Waals surface area contributed by atoms with Crippen molar-refractivity contribution in [3.63, 3.8) is 0 Å².